The Morgan fingerprint density at radius 1 is 1.15 bits per heavy atom. The number of pyridine rings is 1. The summed E-state index contributed by atoms with van der Waals surface area (Å²) >= 11 is 0. The Hall–Kier alpha value is -3.48. The van der Waals surface area contributed by atoms with Crippen LogP contribution in [0.5, 0.6) is 0 Å². The van der Waals surface area contributed by atoms with Crippen LogP contribution in [0.15, 0.2) is 61.1 Å². The van der Waals surface area contributed by atoms with E-state index in [9.17, 15) is 4.79 Å². The SMILES string of the molecule is C[C@@H](OC(=O)c1cc(-n2cccn2)ccn1)c1nc2ccccc2n1C. The van der Waals surface area contributed by atoms with Crippen molar-refractivity contribution in [3.63, 3.8) is 0 Å². The summed E-state index contributed by atoms with van der Waals surface area (Å²) in [5.41, 5.74) is 2.83. The highest BCUT2D eigenvalue weighted by Gasteiger charge is 2.20. The molecule has 0 amide bonds. The van der Waals surface area contributed by atoms with E-state index in [1.165, 1.54) is 0 Å². The number of hydrogen-bond acceptors (Lipinski definition) is 5. The highest BCUT2D eigenvalue weighted by atomic mass is 16.5. The summed E-state index contributed by atoms with van der Waals surface area (Å²) in [5, 5.41) is 4.15. The molecule has 4 aromatic rings. The summed E-state index contributed by atoms with van der Waals surface area (Å²) in [6, 6.07) is 13.0. The molecule has 0 aliphatic carbocycles. The van der Waals surface area contributed by atoms with E-state index in [-0.39, 0.29) is 5.69 Å². The van der Waals surface area contributed by atoms with Gasteiger partial charge in [0, 0.05) is 25.6 Å². The second-order valence-electron chi connectivity index (χ2n) is 5.92. The number of ether oxygens (including phenoxy) is 1. The van der Waals surface area contributed by atoms with Crippen LogP contribution >= 0.6 is 0 Å². The summed E-state index contributed by atoms with van der Waals surface area (Å²) in [6.45, 7) is 1.80. The van der Waals surface area contributed by atoms with Gasteiger partial charge in [0.1, 0.15) is 0 Å². The van der Waals surface area contributed by atoms with Gasteiger partial charge in [-0.05, 0) is 37.3 Å². The number of aromatic nitrogens is 5. The van der Waals surface area contributed by atoms with E-state index in [2.05, 4.69) is 15.1 Å². The summed E-state index contributed by atoms with van der Waals surface area (Å²) in [4.78, 5) is 21.2. The lowest BCUT2D eigenvalue weighted by Crippen LogP contribution is -2.14. The van der Waals surface area contributed by atoms with Crippen LogP contribution in [-0.4, -0.2) is 30.3 Å². The molecule has 26 heavy (non-hydrogen) atoms. The molecule has 4 rings (SSSR count). The van der Waals surface area contributed by atoms with Gasteiger partial charge < -0.3 is 9.30 Å². The number of carbonyl (C=O) groups excluding carboxylic acids is 1. The van der Waals surface area contributed by atoms with Crippen LogP contribution in [0.25, 0.3) is 16.7 Å². The first kappa shape index (κ1) is 16.0. The minimum absolute atomic E-state index is 0.226. The zero-order valence-corrected chi connectivity index (χ0v) is 14.4. The number of nitrogens with zero attached hydrogens (tertiary/aromatic N) is 5. The van der Waals surface area contributed by atoms with Gasteiger partial charge in [0.25, 0.3) is 0 Å². The lowest BCUT2D eigenvalue weighted by atomic mass is 10.3. The molecule has 3 aromatic heterocycles. The number of rotatable bonds is 4. The van der Waals surface area contributed by atoms with E-state index in [1.54, 1.807) is 42.3 Å². The third kappa shape index (κ3) is 2.83. The molecule has 1 atom stereocenters. The lowest BCUT2D eigenvalue weighted by Gasteiger charge is -2.13. The van der Waals surface area contributed by atoms with Crippen molar-refractivity contribution in [2.45, 2.75) is 13.0 Å². The fourth-order valence-electron chi connectivity index (χ4n) is 2.90. The van der Waals surface area contributed by atoms with Crippen LogP contribution in [0.2, 0.25) is 0 Å². The van der Waals surface area contributed by atoms with Crippen molar-refractivity contribution >= 4 is 17.0 Å². The van der Waals surface area contributed by atoms with Crippen LogP contribution in [0.1, 0.15) is 29.3 Å². The smallest absolute Gasteiger partial charge is 0.357 e. The number of imidazole rings is 1. The fourth-order valence-corrected chi connectivity index (χ4v) is 2.90. The van der Waals surface area contributed by atoms with Crippen LogP contribution < -0.4 is 0 Å². The molecule has 1 aromatic carbocycles. The second kappa shape index (κ2) is 6.44. The summed E-state index contributed by atoms with van der Waals surface area (Å²) in [6.07, 6.45) is 4.53. The van der Waals surface area contributed by atoms with Gasteiger partial charge >= 0.3 is 5.97 Å². The maximum Gasteiger partial charge on any atom is 0.357 e. The van der Waals surface area contributed by atoms with Crippen molar-refractivity contribution in [2.75, 3.05) is 0 Å². The molecular formula is C19H17N5O2. The third-order valence-corrected chi connectivity index (χ3v) is 4.19. The largest absolute Gasteiger partial charge is 0.450 e. The molecule has 0 bridgehead atoms. The highest BCUT2D eigenvalue weighted by molar-refractivity contribution is 5.88. The van der Waals surface area contributed by atoms with Crippen molar-refractivity contribution in [2.24, 2.45) is 7.05 Å². The van der Waals surface area contributed by atoms with E-state index in [0.29, 0.717) is 5.82 Å². The standard InChI is InChI=1S/C19H17N5O2/c1-13(18-22-15-6-3-4-7-17(15)23(18)2)26-19(25)16-12-14(8-10-20-16)24-11-5-9-21-24/h3-13H,1-2H3/t13-/m1/s1. The van der Waals surface area contributed by atoms with Crippen LogP contribution in [-0.2, 0) is 11.8 Å². The number of aryl methyl sites for hydroxylation is 1. The highest BCUT2D eigenvalue weighted by Crippen LogP contribution is 2.22. The zero-order chi connectivity index (χ0) is 18.1. The van der Waals surface area contributed by atoms with Gasteiger partial charge in [0.05, 0.1) is 16.7 Å². The molecule has 0 unspecified atom stereocenters. The molecule has 0 saturated carbocycles. The van der Waals surface area contributed by atoms with Gasteiger partial charge in [-0.3, -0.25) is 0 Å². The van der Waals surface area contributed by atoms with Crippen molar-refractivity contribution in [1.29, 1.82) is 0 Å². The quantitative estimate of drug-likeness (QED) is 0.530. The summed E-state index contributed by atoms with van der Waals surface area (Å²) < 4.78 is 9.18. The Labute approximate surface area is 149 Å². The number of fused-ring (bicyclic) bond motifs is 1. The summed E-state index contributed by atoms with van der Waals surface area (Å²) in [5.74, 6) is 0.182. The van der Waals surface area contributed by atoms with E-state index in [0.717, 1.165) is 16.7 Å². The number of benzene rings is 1. The Balaban J connectivity index is 1.57. The molecule has 7 nitrogen and oxygen atoms in total. The Bertz CT molecular complexity index is 1070. The topological polar surface area (TPSA) is 74.8 Å². The van der Waals surface area contributed by atoms with Crippen molar-refractivity contribution in [3.05, 3.63) is 72.6 Å². The normalized spacial score (nSPS) is 12.2. The fraction of sp³-hybridized carbons (Fsp3) is 0.158. The first-order chi connectivity index (χ1) is 12.6. The number of esters is 1. The molecule has 0 radical (unpaired) electrons. The molecule has 130 valence electrons. The van der Waals surface area contributed by atoms with Crippen LogP contribution in [0, 0.1) is 0 Å². The number of hydrogen-bond donors (Lipinski definition) is 0. The van der Waals surface area contributed by atoms with E-state index in [1.807, 2.05) is 41.9 Å². The van der Waals surface area contributed by atoms with Crippen LogP contribution in [0.3, 0.4) is 0 Å². The predicted octanol–water partition coefficient (Wildman–Crippen LogP) is 3.07. The van der Waals surface area contributed by atoms with Crippen molar-refractivity contribution in [1.82, 2.24) is 24.3 Å². The van der Waals surface area contributed by atoms with Gasteiger partial charge in [-0.2, -0.15) is 5.10 Å². The van der Waals surface area contributed by atoms with Gasteiger partial charge in [0.15, 0.2) is 17.6 Å². The molecule has 0 fully saturated rings. The molecule has 0 aliphatic rings. The molecule has 0 saturated heterocycles. The van der Waals surface area contributed by atoms with Gasteiger partial charge in [-0.1, -0.05) is 12.1 Å². The number of carbonyl (C=O) groups is 1. The Kier molecular flexibility index (Phi) is 3.96. The molecule has 0 aliphatic heterocycles. The minimum atomic E-state index is -0.505. The van der Waals surface area contributed by atoms with Gasteiger partial charge in [-0.25, -0.2) is 19.4 Å². The Morgan fingerprint density at radius 2 is 2.00 bits per heavy atom. The molecule has 7 heteroatoms. The zero-order valence-electron chi connectivity index (χ0n) is 14.4. The lowest BCUT2D eigenvalue weighted by molar-refractivity contribution is 0.0308. The van der Waals surface area contributed by atoms with E-state index >= 15 is 0 Å². The summed E-state index contributed by atoms with van der Waals surface area (Å²) in [7, 11) is 1.91. The maximum atomic E-state index is 12.5. The average molecular weight is 347 g/mol. The first-order valence-electron chi connectivity index (χ1n) is 8.22. The molecule has 0 spiro atoms. The average Bonchev–Trinajstić information content (AvgIpc) is 3.31. The maximum absolute atomic E-state index is 12.5. The molecule has 3 heterocycles. The predicted molar refractivity (Wildman–Crippen MR) is 95.9 cm³/mol. The minimum Gasteiger partial charge on any atom is -0.450 e. The monoisotopic (exact) mass is 347 g/mol. The second-order valence-corrected chi connectivity index (χ2v) is 5.92. The first-order valence-corrected chi connectivity index (χ1v) is 8.22. The van der Waals surface area contributed by atoms with Crippen LogP contribution in [0.4, 0.5) is 0 Å². The van der Waals surface area contributed by atoms with Crippen molar-refractivity contribution < 1.29 is 9.53 Å². The van der Waals surface area contributed by atoms with Crippen molar-refractivity contribution in [3.8, 4) is 5.69 Å². The third-order valence-electron chi connectivity index (χ3n) is 4.19. The van der Waals surface area contributed by atoms with Gasteiger partial charge in [-0.15, -0.1) is 0 Å². The number of para-hydroxylation sites is 2. The molecule has 0 N–H and O–H groups in total. The van der Waals surface area contributed by atoms with Gasteiger partial charge in [0.2, 0.25) is 0 Å². The van der Waals surface area contributed by atoms with E-state index < -0.39 is 12.1 Å². The van der Waals surface area contributed by atoms with E-state index in [4.69, 9.17) is 4.74 Å². The molecular weight excluding hydrogens is 330 g/mol. The Morgan fingerprint density at radius 3 is 2.77 bits per heavy atom.